The summed E-state index contributed by atoms with van der Waals surface area (Å²) in [5.41, 5.74) is -0.609. The van der Waals surface area contributed by atoms with Crippen LogP contribution in [0.2, 0.25) is 0 Å². The molecule has 4 nitrogen and oxygen atoms in total. The molecule has 0 saturated carbocycles. The van der Waals surface area contributed by atoms with Crippen molar-refractivity contribution in [2.75, 3.05) is 13.1 Å². The van der Waals surface area contributed by atoms with Gasteiger partial charge in [0.1, 0.15) is 5.60 Å². The molecule has 0 aliphatic carbocycles. The third-order valence-electron chi connectivity index (χ3n) is 2.58. The summed E-state index contributed by atoms with van der Waals surface area (Å²) in [5.74, 6) is -1.33. The molecule has 0 aromatic rings. The first kappa shape index (κ1) is 15.1. The highest BCUT2D eigenvalue weighted by molar-refractivity contribution is 5.67. The smallest absolute Gasteiger partial charge is 0.407 e. The zero-order valence-corrected chi connectivity index (χ0v) is 10.7. The van der Waals surface area contributed by atoms with Gasteiger partial charge < -0.3 is 15.4 Å². The van der Waals surface area contributed by atoms with E-state index in [0.717, 1.165) is 0 Å². The third-order valence-corrected chi connectivity index (χ3v) is 2.58. The van der Waals surface area contributed by atoms with Crippen LogP contribution in [0.3, 0.4) is 0 Å². The van der Waals surface area contributed by atoms with Crippen LogP contribution < -0.4 is 10.6 Å². The Hall–Kier alpha value is -0.980. The van der Waals surface area contributed by atoms with Gasteiger partial charge in [0.05, 0.1) is 5.92 Å². The highest BCUT2D eigenvalue weighted by atomic mass is 19.4. The Kier molecular flexibility index (Phi) is 4.47. The summed E-state index contributed by atoms with van der Waals surface area (Å²) >= 11 is 0. The zero-order valence-electron chi connectivity index (χ0n) is 10.7. The van der Waals surface area contributed by atoms with Crippen LogP contribution in [0.1, 0.15) is 27.2 Å². The molecule has 106 valence electrons. The molecular formula is C11H19F3N2O2. The van der Waals surface area contributed by atoms with Crippen molar-refractivity contribution in [2.24, 2.45) is 5.92 Å². The van der Waals surface area contributed by atoms with Crippen LogP contribution in [0.4, 0.5) is 18.0 Å². The molecule has 1 amide bonds. The lowest BCUT2D eigenvalue weighted by Gasteiger charge is -2.20. The first-order valence-corrected chi connectivity index (χ1v) is 5.85. The molecule has 1 aliphatic heterocycles. The van der Waals surface area contributed by atoms with Crippen LogP contribution in [0, 0.1) is 5.92 Å². The molecule has 1 aliphatic rings. The van der Waals surface area contributed by atoms with Crippen molar-refractivity contribution in [3.8, 4) is 0 Å². The van der Waals surface area contributed by atoms with Gasteiger partial charge in [0, 0.05) is 19.1 Å². The van der Waals surface area contributed by atoms with Crippen LogP contribution >= 0.6 is 0 Å². The number of alkyl halides is 3. The number of hydrogen-bond acceptors (Lipinski definition) is 3. The largest absolute Gasteiger partial charge is 0.444 e. The molecule has 1 saturated heterocycles. The molecule has 0 aromatic heterocycles. The van der Waals surface area contributed by atoms with Crippen molar-refractivity contribution in [1.29, 1.82) is 0 Å². The Labute approximate surface area is 104 Å². The molecule has 0 unspecified atom stereocenters. The van der Waals surface area contributed by atoms with E-state index in [0.29, 0.717) is 0 Å². The molecule has 0 bridgehead atoms. The summed E-state index contributed by atoms with van der Waals surface area (Å²) in [6.45, 7) is 5.21. The Morgan fingerprint density at radius 2 is 2.00 bits per heavy atom. The maximum absolute atomic E-state index is 12.4. The van der Waals surface area contributed by atoms with Crippen LogP contribution in [0.25, 0.3) is 0 Å². The van der Waals surface area contributed by atoms with Gasteiger partial charge >= 0.3 is 12.3 Å². The lowest BCUT2D eigenvalue weighted by molar-refractivity contribution is -0.169. The molecule has 2 atom stereocenters. The molecule has 1 heterocycles. The molecule has 1 rings (SSSR count). The first-order chi connectivity index (χ1) is 8.08. The van der Waals surface area contributed by atoms with Crippen LogP contribution in [0.5, 0.6) is 0 Å². The van der Waals surface area contributed by atoms with E-state index in [1.807, 2.05) is 0 Å². The molecule has 1 fully saturated rings. The lowest BCUT2D eigenvalue weighted by atomic mass is 10.1. The van der Waals surface area contributed by atoms with E-state index in [4.69, 9.17) is 4.74 Å². The van der Waals surface area contributed by atoms with E-state index >= 15 is 0 Å². The molecule has 0 spiro atoms. The average molecular weight is 268 g/mol. The normalized spacial score (nSPS) is 25.0. The van der Waals surface area contributed by atoms with E-state index in [9.17, 15) is 18.0 Å². The predicted octanol–water partition coefficient (Wildman–Crippen LogP) is 2.05. The second-order valence-electron chi connectivity index (χ2n) is 5.46. The maximum atomic E-state index is 12.4. The van der Waals surface area contributed by atoms with Gasteiger partial charge in [-0.15, -0.1) is 0 Å². The molecular weight excluding hydrogens is 249 g/mol. The van der Waals surface area contributed by atoms with Gasteiger partial charge in [-0.05, 0) is 27.2 Å². The summed E-state index contributed by atoms with van der Waals surface area (Å²) in [6, 6.07) is -0.357. The van der Waals surface area contributed by atoms with Crippen LogP contribution in [-0.4, -0.2) is 37.0 Å². The second-order valence-corrected chi connectivity index (χ2v) is 5.46. The van der Waals surface area contributed by atoms with Gasteiger partial charge in [-0.3, -0.25) is 0 Å². The number of carbonyl (C=O) groups is 1. The van der Waals surface area contributed by atoms with Crippen molar-refractivity contribution in [3.63, 3.8) is 0 Å². The SMILES string of the molecule is CC(C)(C)OC(=O)NC[C@@H]1C[C@@H](C(F)(F)F)CN1. The fourth-order valence-electron chi connectivity index (χ4n) is 1.74. The van der Waals surface area contributed by atoms with Crippen LogP contribution in [-0.2, 0) is 4.74 Å². The van der Waals surface area contributed by atoms with Crippen molar-refractivity contribution >= 4 is 6.09 Å². The quantitative estimate of drug-likeness (QED) is 0.806. The summed E-state index contributed by atoms with van der Waals surface area (Å²) in [4.78, 5) is 11.3. The number of nitrogens with one attached hydrogen (secondary N) is 2. The van der Waals surface area contributed by atoms with Crippen molar-refractivity contribution in [3.05, 3.63) is 0 Å². The topological polar surface area (TPSA) is 50.4 Å². The number of hydrogen-bond donors (Lipinski definition) is 2. The number of ether oxygens (including phenoxy) is 1. The van der Waals surface area contributed by atoms with Crippen molar-refractivity contribution in [2.45, 2.75) is 45.0 Å². The van der Waals surface area contributed by atoms with Gasteiger partial charge in [-0.2, -0.15) is 13.2 Å². The molecule has 18 heavy (non-hydrogen) atoms. The van der Waals surface area contributed by atoms with E-state index in [2.05, 4.69) is 10.6 Å². The fourth-order valence-corrected chi connectivity index (χ4v) is 1.74. The third kappa shape index (κ3) is 5.12. The standard InChI is InChI=1S/C11H19F3N2O2/c1-10(2,3)18-9(17)16-6-8-4-7(5-15-8)11(12,13)14/h7-8,15H,4-6H2,1-3H3,(H,16,17)/t7-,8+/m1/s1. The van der Waals surface area contributed by atoms with E-state index in [1.165, 1.54) is 0 Å². The van der Waals surface area contributed by atoms with E-state index < -0.39 is 23.8 Å². The zero-order chi connectivity index (χ0) is 14.0. The molecule has 0 radical (unpaired) electrons. The van der Waals surface area contributed by atoms with Crippen LogP contribution in [0.15, 0.2) is 0 Å². The van der Waals surface area contributed by atoms with Crippen molar-refractivity contribution < 1.29 is 22.7 Å². The molecule has 0 aromatic carbocycles. The van der Waals surface area contributed by atoms with Gasteiger partial charge in [-0.1, -0.05) is 0 Å². The van der Waals surface area contributed by atoms with Crippen molar-refractivity contribution in [1.82, 2.24) is 10.6 Å². The number of rotatable bonds is 2. The minimum atomic E-state index is -4.17. The highest BCUT2D eigenvalue weighted by Gasteiger charge is 2.43. The molecule has 7 heteroatoms. The maximum Gasteiger partial charge on any atom is 0.407 e. The summed E-state index contributed by atoms with van der Waals surface area (Å²) in [5, 5.41) is 5.20. The number of amides is 1. The molecule has 2 N–H and O–H groups in total. The highest BCUT2D eigenvalue weighted by Crippen LogP contribution is 2.32. The Bertz CT molecular complexity index is 300. The minimum Gasteiger partial charge on any atom is -0.444 e. The minimum absolute atomic E-state index is 0.0146. The monoisotopic (exact) mass is 268 g/mol. The van der Waals surface area contributed by atoms with Gasteiger partial charge in [-0.25, -0.2) is 4.79 Å². The fraction of sp³-hybridized carbons (Fsp3) is 0.909. The number of halogens is 3. The Morgan fingerprint density at radius 1 is 1.39 bits per heavy atom. The van der Waals surface area contributed by atoms with Gasteiger partial charge in [0.25, 0.3) is 0 Å². The predicted molar refractivity (Wildman–Crippen MR) is 60.2 cm³/mol. The van der Waals surface area contributed by atoms with Gasteiger partial charge in [0.15, 0.2) is 0 Å². The summed E-state index contributed by atoms with van der Waals surface area (Å²) in [6.07, 6.45) is -4.80. The summed E-state index contributed by atoms with van der Waals surface area (Å²) < 4.78 is 42.2. The van der Waals surface area contributed by atoms with E-state index in [-0.39, 0.29) is 25.6 Å². The first-order valence-electron chi connectivity index (χ1n) is 5.85. The van der Waals surface area contributed by atoms with Gasteiger partial charge in [0.2, 0.25) is 0 Å². The second kappa shape index (κ2) is 5.34. The Morgan fingerprint density at radius 3 is 2.44 bits per heavy atom. The summed E-state index contributed by atoms with van der Waals surface area (Å²) in [7, 11) is 0. The average Bonchev–Trinajstić information content (AvgIpc) is 2.59. The lowest BCUT2D eigenvalue weighted by Crippen LogP contribution is -2.39. The number of carbonyl (C=O) groups excluding carboxylic acids is 1. The number of alkyl carbamates (subject to hydrolysis) is 1. The Balaban J connectivity index is 2.28. The van der Waals surface area contributed by atoms with E-state index in [1.54, 1.807) is 20.8 Å².